The number of anilines is 2. The molecule has 5 N–H and O–H groups in total. The molecule has 8 nitrogen and oxygen atoms in total. The van der Waals surface area contributed by atoms with Gasteiger partial charge in [0.25, 0.3) is 5.68 Å². The molecule has 0 saturated carbocycles. The molecule has 0 radical (unpaired) electrons. The Morgan fingerprint density at radius 3 is 2.41 bits per heavy atom. The van der Waals surface area contributed by atoms with Gasteiger partial charge >= 0.3 is 12.1 Å². The van der Waals surface area contributed by atoms with Gasteiger partial charge in [0.1, 0.15) is 12.9 Å². The van der Waals surface area contributed by atoms with Crippen LogP contribution in [0.5, 0.6) is 0 Å². The Balaban J connectivity index is 1.92. The van der Waals surface area contributed by atoms with Crippen molar-refractivity contribution in [1.82, 2.24) is 9.88 Å². The van der Waals surface area contributed by atoms with Crippen LogP contribution in [0, 0.1) is 10.8 Å². The number of rotatable bonds is 8. The van der Waals surface area contributed by atoms with Gasteiger partial charge in [-0.3, -0.25) is 14.8 Å². The fraction of sp³-hybridized carbons (Fsp3) is 0.370. The van der Waals surface area contributed by atoms with Crippen LogP contribution in [0.2, 0.25) is 0 Å². The van der Waals surface area contributed by atoms with Crippen molar-refractivity contribution in [2.45, 2.75) is 52.4 Å². The molecule has 0 aliphatic rings. The van der Waals surface area contributed by atoms with Crippen LogP contribution in [0.1, 0.15) is 50.8 Å². The van der Waals surface area contributed by atoms with Gasteiger partial charge in [-0.25, -0.2) is 0 Å². The highest BCUT2D eigenvalue weighted by Crippen LogP contribution is 2.34. The van der Waals surface area contributed by atoms with Gasteiger partial charge in [-0.1, -0.05) is 31.2 Å². The third-order valence-corrected chi connectivity index (χ3v) is 6.43. The van der Waals surface area contributed by atoms with Crippen molar-refractivity contribution in [2.24, 2.45) is 5.41 Å². The summed E-state index contributed by atoms with van der Waals surface area (Å²) in [6.45, 7) is 6.84. The van der Waals surface area contributed by atoms with Crippen molar-refractivity contribution >= 4 is 34.7 Å². The third kappa shape index (κ3) is 7.20. The summed E-state index contributed by atoms with van der Waals surface area (Å²) in [4.78, 5) is 12.6. The summed E-state index contributed by atoms with van der Waals surface area (Å²) >= 11 is 5.56. The van der Waals surface area contributed by atoms with Gasteiger partial charge in [-0.2, -0.15) is 13.2 Å². The number of nitrogens with zero attached hydrogens (tertiary/aromatic N) is 1. The highest BCUT2D eigenvalue weighted by molar-refractivity contribution is 7.80. The van der Waals surface area contributed by atoms with Crippen molar-refractivity contribution in [2.75, 3.05) is 17.7 Å². The molecule has 0 spiro atoms. The number of para-hydroxylation sites is 1. The maximum absolute atomic E-state index is 13.5. The Morgan fingerprint density at radius 2 is 1.82 bits per heavy atom. The van der Waals surface area contributed by atoms with E-state index in [1.54, 1.807) is 56.7 Å². The monoisotopic (exact) mass is 563 g/mol. The molecule has 1 heterocycles. The Hall–Kier alpha value is -3.80. The van der Waals surface area contributed by atoms with Crippen molar-refractivity contribution in [3.63, 3.8) is 0 Å². The number of thiocarbonyl (C=S) groups is 1. The second-order valence-corrected chi connectivity index (χ2v) is 10.5. The van der Waals surface area contributed by atoms with Gasteiger partial charge < -0.3 is 25.5 Å². The molecule has 0 fully saturated rings. The van der Waals surface area contributed by atoms with Crippen LogP contribution < -0.4 is 22.1 Å². The fourth-order valence-corrected chi connectivity index (χ4v) is 4.13. The molecule has 1 unspecified atom stereocenters. The van der Waals surface area contributed by atoms with Crippen LogP contribution in [-0.2, 0) is 27.8 Å². The van der Waals surface area contributed by atoms with E-state index in [1.165, 1.54) is 18.4 Å². The van der Waals surface area contributed by atoms with E-state index >= 15 is 0 Å². The zero-order chi connectivity index (χ0) is 29.0. The van der Waals surface area contributed by atoms with E-state index in [2.05, 4.69) is 10.6 Å². The lowest BCUT2D eigenvalue weighted by Gasteiger charge is -2.36. The number of oxazole rings is 1. The largest absolute Gasteiger partial charge is 0.462 e. The molecule has 0 aliphatic heterocycles. The van der Waals surface area contributed by atoms with Crippen LogP contribution >= 0.6 is 12.2 Å². The number of benzene rings is 2. The number of carbonyl (C=O) groups excluding carboxylic acids is 1. The number of nitrogen functional groups attached to an aromatic ring is 1. The van der Waals surface area contributed by atoms with E-state index in [0.717, 1.165) is 12.1 Å². The zero-order valence-electron chi connectivity index (χ0n) is 22.1. The first-order chi connectivity index (χ1) is 18.2. The molecule has 3 aromatic rings. The van der Waals surface area contributed by atoms with E-state index in [0.29, 0.717) is 16.9 Å². The SMILES string of the molecule is CCC(COC(=O)C(C)(C)C)(NC(=S)Nc1cccc(Cn2ccoc2=N)c1N)c1cccc(C(F)(F)F)c1. The standard InChI is InChI=1S/C27H32F3N5O3S/c1-5-26(16-38-22(36)25(2,3)4,18-9-7-10-19(14-18)27(28,29)30)34-24(39)33-20-11-6-8-17(21(20)31)15-35-12-13-37-23(35)32/h6-14,32H,5,15-16,31H2,1-4H3,(H2,33,34,39). The summed E-state index contributed by atoms with van der Waals surface area (Å²) in [7, 11) is 0. The van der Waals surface area contributed by atoms with Gasteiger partial charge in [-0.15, -0.1) is 0 Å². The number of nitrogens with two attached hydrogens (primary N) is 1. The third-order valence-electron chi connectivity index (χ3n) is 6.23. The molecule has 0 amide bonds. The maximum Gasteiger partial charge on any atom is 0.416 e. The molecule has 210 valence electrons. The van der Waals surface area contributed by atoms with Crippen molar-refractivity contribution in [3.05, 3.63) is 77.3 Å². The van der Waals surface area contributed by atoms with Gasteiger partial charge in [0, 0.05) is 6.20 Å². The fourth-order valence-electron chi connectivity index (χ4n) is 3.83. The summed E-state index contributed by atoms with van der Waals surface area (Å²) in [6.07, 6.45) is -1.31. The topological polar surface area (TPSA) is 118 Å². The number of aromatic nitrogens is 1. The Kier molecular flexibility index (Phi) is 8.79. The first kappa shape index (κ1) is 29.8. The molecule has 0 aliphatic carbocycles. The van der Waals surface area contributed by atoms with Crippen molar-refractivity contribution < 1.29 is 27.1 Å². The average molecular weight is 564 g/mol. The van der Waals surface area contributed by atoms with E-state index in [4.69, 9.17) is 32.5 Å². The minimum atomic E-state index is -4.56. The Bertz CT molecular complexity index is 1390. The number of nitrogens with one attached hydrogen (secondary N) is 3. The summed E-state index contributed by atoms with van der Waals surface area (Å²) < 4.78 is 52.8. The number of alkyl halides is 3. The molecular weight excluding hydrogens is 531 g/mol. The van der Waals surface area contributed by atoms with E-state index in [9.17, 15) is 18.0 Å². The molecule has 3 rings (SSSR count). The number of hydrogen-bond acceptors (Lipinski definition) is 6. The molecule has 39 heavy (non-hydrogen) atoms. The molecular formula is C27H32F3N5O3S. The summed E-state index contributed by atoms with van der Waals surface area (Å²) in [5, 5.41) is 14.0. The first-order valence-corrected chi connectivity index (χ1v) is 12.6. The van der Waals surface area contributed by atoms with Crippen molar-refractivity contribution in [1.29, 1.82) is 5.41 Å². The summed E-state index contributed by atoms with van der Waals surface area (Å²) in [6, 6.07) is 10.1. The van der Waals surface area contributed by atoms with E-state index in [-0.39, 0.29) is 35.9 Å². The van der Waals surface area contributed by atoms with E-state index < -0.39 is 28.7 Å². The van der Waals surface area contributed by atoms with Crippen LogP contribution in [0.25, 0.3) is 0 Å². The summed E-state index contributed by atoms with van der Waals surface area (Å²) in [5.41, 5.74) is 5.20. The van der Waals surface area contributed by atoms with Crippen LogP contribution in [0.15, 0.2) is 59.3 Å². The molecule has 1 aromatic heterocycles. The molecule has 12 heteroatoms. The van der Waals surface area contributed by atoms with E-state index in [1.807, 2.05) is 0 Å². The minimum absolute atomic E-state index is 0.0384. The second-order valence-electron chi connectivity index (χ2n) is 10.1. The lowest BCUT2D eigenvalue weighted by molar-refractivity contribution is -0.155. The van der Waals surface area contributed by atoms with Gasteiger partial charge in [0.15, 0.2) is 5.11 Å². The quantitative estimate of drug-likeness (QED) is 0.165. The Morgan fingerprint density at radius 1 is 1.15 bits per heavy atom. The van der Waals surface area contributed by atoms with Crippen LogP contribution in [0.4, 0.5) is 24.5 Å². The number of hydrogen-bond donors (Lipinski definition) is 4. The summed E-state index contributed by atoms with van der Waals surface area (Å²) in [5.74, 6) is -0.504. The predicted octanol–water partition coefficient (Wildman–Crippen LogP) is 5.39. The second kappa shape index (κ2) is 11.5. The lowest BCUT2D eigenvalue weighted by atomic mass is 9.86. The normalized spacial score (nSPS) is 13.4. The van der Waals surface area contributed by atoms with Crippen LogP contribution in [0.3, 0.4) is 0 Å². The molecule has 0 bridgehead atoms. The lowest BCUT2D eigenvalue weighted by Crippen LogP contribution is -2.51. The average Bonchev–Trinajstić information content (AvgIpc) is 3.27. The first-order valence-electron chi connectivity index (χ1n) is 12.2. The zero-order valence-corrected chi connectivity index (χ0v) is 22.9. The highest BCUT2D eigenvalue weighted by Gasteiger charge is 2.38. The molecule has 1 atom stereocenters. The number of carbonyl (C=O) groups is 1. The maximum atomic E-state index is 13.5. The number of halogens is 3. The smallest absolute Gasteiger partial charge is 0.416 e. The van der Waals surface area contributed by atoms with Gasteiger partial charge in [-0.05, 0) is 68.7 Å². The molecule has 0 saturated heterocycles. The minimum Gasteiger partial charge on any atom is -0.462 e. The molecule has 2 aromatic carbocycles. The highest BCUT2D eigenvalue weighted by atomic mass is 32.1. The Labute approximate surface area is 229 Å². The van der Waals surface area contributed by atoms with Gasteiger partial charge in [0.2, 0.25) is 0 Å². The van der Waals surface area contributed by atoms with Gasteiger partial charge in [0.05, 0.1) is 34.4 Å². The number of ether oxygens (including phenoxy) is 1. The predicted molar refractivity (Wildman–Crippen MR) is 146 cm³/mol. The van der Waals surface area contributed by atoms with Crippen LogP contribution in [-0.4, -0.2) is 22.3 Å². The number of esters is 1. The van der Waals surface area contributed by atoms with Crippen molar-refractivity contribution in [3.8, 4) is 0 Å².